The first-order valence-electron chi connectivity index (χ1n) is 15.5. The molecule has 40 heavy (non-hydrogen) atoms. The summed E-state index contributed by atoms with van der Waals surface area (Å²) in [6, 6.07) is 14.1. The number of benzene rings is 2. The van der Waals surface area contributed by atoms with Gasteiger partial charge in [-0.25, -0.2) is 0 Å². The molecule has 0 radical (unpaired) electrons. The van der Waals surface area contributed by atoms with Crippen LogP contribution < -0.4 is 4.74 Å². The molecule has 0 aromatic heterocycles. The van der Waals surface area contributed by atoms with Crippen molar-refractivity contribution >= 4 is 17.4 Å². The van der Waals surface area contributed by atoms with Crippen molar-refractivity contribution in [1.29, 1.82) is 0 Å². The van der Waals surface area contributed by atoms with E-state index in [1.54, 1.807) is 24.1 Å². The number of nitrogens with zero attached hydrogens (tertiary/aromatic N) is 1. The van der Waals surface area contributed by atoms with E-state index in [4.69, 9.17) is 4.74 Å². The monoisotopic (exact) mass is 547 g/mol. The van der Waals surface area contributed by atoms with Crippen LogP contribution in [0.15, 0.2) is 54.1 Å². The highest BCUT2D eigenvalue weighted by molar-refractivity contribution is 6.46. The van der Waals surface area contributed by atoms with Gasteiger partial charge in [-0.15, -0.1) is 0 Å². The predicted octanol–water partition coefficient (Wildman–Crippen LogP) is 8.91. The SMILES string of the molecule is CCCCCCCCCCCCCCCCN1C(=O)C(=O)/C(=C(/O)c2ccc(C)cc2)[C@H]1c1ccc(OC)cc1. The molecule has 1 atom stereocenters. The molecule has 1 amide bonds. The number of unbranched alkanes of at least 4 members (excludes halogenated alkanes) is 13. The minimum atomic E-state index is -0.621. The minimum Gasteiger partial charge on any atom is -0.507 e. The number of aliphatic hydroxyl groups excluding tert-OH is 1. The molecule has 1 saturated heterocycles. The largest absolute Gasteiger partial charge is 0.507 e. The fourth-order valence-electron chi connectivity index (χ4n) is 5.59. The minimum absolute atomic E-state index is 0.123. The summed E-state index contributed by atoms with van der Waals surface area (Å²) in [4.78, 5) is 28.0. The van der Waals surface area contributed by atoms with Gasteiger partial charge in [0.2, 0.25) is 0 Å². The lowest BCUT2D eigenvalue weighted by Crippen LogP contribution is -2.30. The third kappa shape index (κ3) is 8.97. The molecule has 5 nitrogen and oxygen atoms in total. The molecule has 3 rings (SSSR count). The number of amides is 1. The van der Waals surface area contributed by atoms with E-state index in [1.165, 1.54) is 70.6 Å². The molecule has 0 saturated carbocycles. The normalized spacial score (nSPS) is 16.6. The van der Waals surface area contributed by atoms with Crippen LogP contribution in [0.1, 0.15) is 120 Å². The second kappa shape index (κ2) is 16.9. The molecular formula is C35H49NO4. The van der Waals surface area contributed by atoms with Crippen LogP contribution in [0.2, 0.25) is 0 Å². The number of rotatable bonds is 18. The topological polar surface area (TPSA) is 66.8 Å². The summed E-state index contributed by atoms with van der Waals surface area (Å²) in [5, 5.41) is 11.2. The fraction of sp³-hybridized carbons (Fsp3) is 0.543. The summed E-state index contributed by atoms with van der Waals surface area (Å²) in [6.07, 6.45) is 17.7. The molecule has 1 heterocycles. The standard InChI is InChI=1S/C35H49NO4/c1-4-5-6-7-8-9-10-11-12-13-14-15-16-17-26-36-32(28-22-24-30(40-3)25-23-28)31(34(38)35(36)39)33(37)29-20-18-27(2)19-21-29/h18-25,32,37H,4-17,26H2,1-3H3/b33-31+/t32-/m1/s1. The maximum Gasteiger partial charge on any atom is 0.295 e. The molecule has 1 N–H and O–H groups in total. The first-order chi connectivity index (χ1) is 19.5. The highest BCUT2D eigenvalue weighted by Crippen LogP contribution is 2.40. The van der Waals surface area contributed by atoms with Crippen molar-refractivity contribution in [2.45, 2.75) is 110 Å². The number of aliphatic hydroxyl groups is 1. The summed E-state index contributed by atoms with van der Waals surface area (Å²) < 4.78 is 5.30. The molecule has 218 valence electrons. The second-order valence-corrected chi connectivity index (χ2v) is 11.2. The van der Waals surface area contributed by atoms with E-state index < -0.39 is 17.7 Å². The maximum atomic E-state index is 13.2. The van der Waals surface area contributed by atoms with Crippen molar-refractivity contribution in [1.82, 2.24) is 4.90 Å². The first kappa shape index (κ1) is 31.4. The number of likely N-dealkylation sites (tertiary alicyclic amines) is 1. The van der Waals surface area contributed by atoms with Gasteiger partial charge < -0.3 is 14.7 Å². The van der Waals surface area contributed by atoms with Crippen LogP contribution in [-0.2, 0) is 9.59 Å². The Hall–Kier alpha value is -3.08. The highest BCUT2D eigenvalue weighted by atomic mass is 16.5. The fourth-order valence-corrected chi connectivity index (χ4v) is 5.59. The number of ketones is 1. The molecule has 1 fully saturated rings. The Balaban J connectivity index is 1.55. The maximum absolute atomic E-state index is 13.2. The van der Waals surface area contributed by atoms with Crippen molar-refractivity contribution in [3.05, 3.63) is 70.8 Å². The average molecular weight is 548 g/mol. The average Bonchev–Trinajstić information content (AvgIpc) is 3.22. The van der Waals surface area contributed by atoms with Gasteiger partial charge in [0.25, 0.3) is 11.7 Å². The van der Waals surface area contributed by atoms with Crippen LogP contribution >= 0.6 is 0 Å². The number of carbonyl (C=O) groups excluding carboxylic acids is 2. The van der Waals surface area contributed by atoms with Crippen LogP contribution in [-0.4, -0.2) is 35.4 Å². The Kier molecular flexibility index (Phi) is 13.3. The number of hydrogen-bond acceptors (Lipinski definition) is 4. The van der Waals surface area contributed by atoms with Crippen molar-refractivity contribution in [2.24, 2.45) is 0 Å². The van der Waals surface area contributed by atoms with Gasteiger partial charge >= 0.3 is 0 Å². The Morgan fingerprint density at radius 2 is 1.25 bits per heavy atom. The van der Waals surface area contributed by atoms with Gasteiger partial charge in [0.05, 0.1) is 18.7 Å². The lowest BCUT2D eigenvalue weighted by atomic mass is 9.95. The van der Waals surface area contributed by atoms with Crippen LogP contribution in [0.3, 0.4) is 0 Å². The van der Waals surface area contributed by atoms with Crippen LogP contribution in [0.25, 0.3) is 5.76 Å². The van der Waals surface area contributed by atoms with Crippen LogP contribution in [0.4, 0.5) is 0 Å². The number of carbonyl (C=O) groups is 2. The summed E-state index contributed by atoms with van der Waals surface area (Å²) >= 11 is 0. The van der Waals surface area contributed by atoms with Gasteiger partial charge in [0.1, 0.15) is 11.5 Å². The van der Waals surface area contributed by atoms with Crippen molar-refractivity contribution in [3.8, 4) is 5.75 Å². The third-order valence-corrected chi connectivity index (χ3v) is 8.05. The smallest absolute Gasteiger partial charge is 0.295 e. The lowest BCUT2D eigenvalue weighted by Gasteiger charge is -2.25. The van der Waals surface area contributed by atoms with Crippen molar-refractivity contribution in [2.75, 3.05) is 13.7 Å². The zero-order valence-electron chi connectivity index (χ0n) is 24.9. The van der Waals surface area contributed by atoms with Gasteiger partial charge in [-0.1, -0.05) is 132 Å². The first-order valence-corrected chi connectivity index (χ1v) is 15.5. The molecule has 2 aromatic rings. The zero-order chi connectivity index (χ0) is 28.7. The Morgan fingerprint density at radius 3 is 1.75 bits per heavy atom. The molecule has 0 spiro atoms. The van der Waals surface area contributed by atoms with E-state index in [1.807, 2.05) is 43.3 Å². The quantitative estimate of drug-likeness (QED) is 0.0876. The molecule has 0 bridgehead atoms. The number of ether oxygens (including phenoxy) is 1. The van der Waals surface area contributed by atoms with Gasteiger partial charge in [-0.3, -0.25) is 9.59 Å². The number of methoxy groups -OCH3 is 1. The zero-order valence-corrected chi connectivity index (χ0v) is 24.9. The van der Waals surface area contributed by atoms with Gasteiger partial charge in [-0.05, 0) is 31.0 Å². The van der Waals surface area contributed by atoms with E-state index in [-0.39, 0.29) is 11.3 Å². The summed E-state index contributed by atoms with van der Waals surface area (Å²) in [5.74, 6) is -0.581. The molecule has 0 unspecified atom stereocenters. The summed E-state index contributed by atoms with van der Waals surface area (Å²) in [7, 11) is 1.61. The third-order valence-electron chi connectivity index (χ3n) is 8.05. The molecule has 1 aliphatic heterocycles. The lowest BCUT2D eigenvalue weighted by molar-refractivity contribution is -0.139. The molecule has 2 aromatic carbocycles. The molecule has 0 aliphatic carbocycles. The van der Waals surface area contributed by atoms with E-state index in [2.05, 4.69) is 6.92 Å². The summed E-state index contributed by atoms with van der Waals surface area (Å²) in [5.41, 5.74) is 2.54. The van der Waals surface area contributed by atoms with E-state index in [0.29, 0.717) is 17.9 Å². The van der Waals surface area contributed by atoms with Crippen molar-refractivity contribution < 1.29 is 19.4 Å². The number of hydrogen-bond donors (Lipinski definition) is 1. The molecular weight excluding hydrogens is 498 g/mol. The van der Waals surface area contributed by atoms with E-state index in [0.717, 1.165) is 30.4 Å². The van der Waals surface area contributed by atoms with Crippen LogP contribution in [0, 0.1) is 6.92 Å². The van der Waals surface area contributed by atoms with Gasteiger partial charge in [0.15, 0.2) is 0 Å². The van der Waals surface area contributed by atoms with Crippen molar-refractivity contribution in [3.63, 3.8) is 0 Å². The molecule has 5 heteroatoms. The second-order valence-electron chi connectivity index (χ2n) is 11.2. The number of Topliss-reactive ketones (excluding diaryl/α,β-unsaturated/α-hetero) is 1. The Bertz CT molecular complexity index is 1090. The summed E-state index contributed by atoms with van der Waals surface area (Å²) in [6.45, 7) is 4.72. The Morgan fingerprint density at radius 1 is 0.750 bits per heavy atom. The van der Waals surface area contributed by atoms with E-state index >= 15 is 0 Å². The Labute approximate surface area is 241 Å². The molecule has 1 aliphatic rings. The van der Waals surface area contributed by atoms with Gasteiger partial charge in [0, 0.05) is 12.1 Å². The van der Waals surface area contributed by atoms with Crippen LogP contribution in [0.5, 0.6) is 5.75 Å². The number of aryl methyl sites for hydroxylation is 1. The van der Waals surface area contributed by atoms with Gasteiger partial charge in [-0.2, -0.15) is 0 Å². The highest BCUT2D eigenvalue weighted by Gasteiger charge is 2.45. The predicted molar refractivity (Wildman–Crippen MR) is 163 cm³/mol. The van der Waals surface area contributed by atoms with E-state index in [9.17, 15) is 14.7 Å².